The second-order valence-electron chi connectivity index (χ2n) is 3.95. The third kappa shape index (κ3) is 1.33. The third-order valence-corrected chi connectivity index (χ3v) is 2.96. The van der Waals surface area contributed by atoms with Crippen molar-refractivity contribution in [2.45, 2.75) is 18.4 Å². The molecule has 0 radical (unpaired) electrons. The summed E-state index contributed by atoms with van der Waals surface area (Å²) in [6.45, 7) is 0.290. The Labute approximate surface area is 87.9 Å². The molecule has 1 fully saturated rings. The SMILES string of the molecule is COc1cc2c(cc1[C@@H]1C[C@H]1N)OCO2. The summed E-state index contributed by atoms with van der Waals surface area (Å²) in [4.78, 5) is 0. The van der Waals surface area contributed by atoms with Crippen LogP contribution in [0.4, 0.5) is 0 Å². The number of methoxy groups -OCH3 is 1. The molecule has 1 aliphatic carbocycles. The quantitative estimate of drug-likeness (QED) is 0.792. The Hall–Kier alpha value is -1.42. The lowest BCUT2D eigenvalue weighted by molar-refractivity contribution is 0.174. The van der Waals surface area contributed by atoms with Gasteiger partial charge >= 0.3 is 0 Å². The summed E-state index contributed by atoms with van der Waals surface area (Å²) >= 11 is 0. The predicted octanol–water partition coefficient (Wildman–Crippen LogP) is 1.24. The van der Waals surface area contributed by atoms with E-state index in [0.29, 0.717) is 12.7 Å². The third-order valence-electron chi connectivity index (χ3n) is 2.96. The average molecular weight is 207 g/mol. The Morgan fingerprint density at radius 2 is 2.00 bits per heavy atom. The van der Waals surface area contributed by atoms with Gasteiger partial charge in [0.05, 0.1) is 7.11 Å². The zero-order valence-corrected chi connectivity index (χ0v) is 8.53. The molecule has 2 aliphatic rings. The average Bonchev–Trinajstić information content (AvgIpc) is 2.79. The molecule has 1 aromatic carbocycles. The van der Waals surface area contributed by atoms with Gasteiger partial charge in [-0.05, 0) is 12.5 Å². The number of fused-ring (bicyclic) bond motifs is 1. The van der Waals surface area contributed by atoms with Crippen molar-refractivity contribution in [3.8, 4) is 17.2 Å². The first-order chi connectivity index (χ1) is 7.29. The molecule has 4 heteroatoms. The minimum absolute atomic E-state index is 0.263. The lowest BCUT2D eigenvalue weighted by Gasteiger charge is -2.08. The molecule has 0 aromatic heterocycles. The van der Waals surface area contributed by atoms with E-state index in [2.05, 4.69) is 0 Å². The van der Waals surface area contributed by atoms with Crippen LogP contribution in [-0.2, 0) is 0 Å². The first kappa shape index (κ1) is 8.85. The molecule has 0 bridgehead atoms. The highest BCUT2D eigenvalue weighted by Crippen LogP contribution is 2.48. The Morgan fingerprint density at radius 3 is 2.60 bits per heavy atom. The molecule has 15 heavy (non-hydrogen) atoms. The number of benzene rings is 1. The maximum Gasteiger partial charge on any atom is 0.231 e. The van der Waals surface area contributed by atoms with Gasteiger partial charge in [-0.25, -0.2) is 0 Å². The van der Waals surface area contributed by atoms with E-state index in [1.807, 2.05) is 12.1 Å². The molecular weight excluding hydrogens is 194 g/mol. The maximum absolute atomic E-state index is 5.84. The van der Waals surface area contributed by atoms with Crippen molar-refractivity contribution in [2.75, 3.05) is 13.9 Å². The normalized spacial score (nSPS) is 26.5. The molecule has 80 valence electrons. The van der Waals surface area contributed by atoms with Crippen LogP contribution in [0.25, 0.3) is 0 Å². The van der Waals surface area contributed by atoms with Gasteiger partial charge in [0.25, 0.3) is 0 Å². The lowest BCUT2D eigenvalue weighted by Crippen LogP contribution is -2.02. The van der Waals surface area contributed by atoms with Crippen LogP contribution in [0.1, 0.15) is 17.9 Å². The van der Waals surface area contributed by atoms with Crippen LogP contribution >= 0.6 is 0 Å². The van der Waals surface area contributed by atoms with Crippen molar-refractivity contribution in [1.82, 2.24) is 0 Å². The van der Waals surface area contributed by atoms with Gasteiger partial charge in [-0.2, -0.15) is 0 Å². The van der Waals surface area contributed by atoms with E-state index in [1.54, 1.807) is 7.11 Å². The standard InChI is InChI=1S/C11H13NO3/c1-13-9-4-11-10(14-5-15-11)3-7(9)6-2-8(6)12/h3-4,6,8H,2,5,12H2,1H3/t6-,8+/m0/s1. The zero-order valence-electron chi connectivity index (χ0n) is 8.53. The van der Waals surface area contributed by atoms with E-state index < -0.39 is 0 Å². The van der Waals surface area contributed by atoms with Gasteiger partial charge in [0, 0.05) is 23.6 Å². The van der Waals surface area contributed by atoms with E-state index in [-0.39, 0.29) is 6.04 Å². The highest BCUT2D eigenvalue weighted by molar-refractivity contribution is 5.54. The first-order valence-corrected chi connectivity index (χ1v) is 5.02. The van der Waals surface area contributed by atoms with Gasteiger partial charge in [0.15, 0.2) is 11.5 Å². The Kier molecular flexibility index (Phi) is 1.79. The van der Waals surface area contributed by atoms with Crippen LogP contribution in [0.2, 0.25) is 0 Å². The number of hydrogen-bond acceptors (Lipinski definition) is 4. The van der Waals surface area contributed by atoms with Crippen LogP contribution in [0, 0.1) is 0 Å². The molecule has 1 aromatic rings. The highest BCUT2D eigenvalue weighted by atomic mass is 16.7. The second kappa shape index (κ2) is 3.03. The van der Waals surface area contributed by atoms with Crippen LogP contribution in [0.3, 0.4) is 0 Å². The van der Waals surface area contributed by atoms with Crippen molar-refractivity contribution >= 4 is 0 Å². The summed E-state index contributed by atoms with van der Waals surface area (Å²) in [7, 11) is 1.66. The van der Waals surface area contributed by atoms with Gasteiger partial charge in [-0.15, -0.1) is 0 Å². The fourth-order valence-electron chi connectivity index (χ4n) is 1.98. The van der Waals surface area contributed by atoms with Gasteiger partial charge in [-0.1, -0.05) is 0 Å². The van der Waals surface area contributed by atoms with Gasteiger partial charge in [-0.3, -0.25) is 0 Å². The molecule has 0 spiro atoms. The Morgan fingerprint density at radius 1 is 1.33 bits per heavy atom. The minimum atomic E-state index is 0.263. The van der Waals surface area contributed by atoms with Crippen LogP contribution in [0.5, 0.6) is 17.2 Å². The molecule has 1 aliphatic heterocycles. The first-order valence-electron chi connectivity index (χ1n) is 5.02. The van der Waals surface area contributed by atoms with Crippen LogP contribution in [0.15, 0.2) is 12.1 Å². The van der Waals surface area contributed by atoms with Gasteiger partial charge in [0.1, 0.15) is 5.75 Å². The molecular formula is C11H13NO3. The summed E-state index contributed by atoms with van der Waals surface area (Å²) in [6, 6.07) is 4.13. The summed E-state index contributed by atoms with van der Waals surface area (Å²) in [5, 5.41) is 0. The monoisotopic (exact) mass is 207 g/mol. The largest absolute Gasteiger partial charge is 0.496 e. The van der Waals surface area contributed by atoms with Crippen molar-refractivity contribution < 1.29 is 14.2 Å². The minimum Gasteiger partial charge on any atom is -0.496 e. The van der Waals surface area contributed by atoms with Gasteiger partial charge < -0.3 is 19.9 Å². The van der Waals surface area contributed by atoms with Crippen molar-refractivity contribution in [2.24, 2.45) is 5.73 Å². The van der Waals surface area contributed by atoms with Crippen molar-refractivity contribution in [1.29, 1.82) is 0 Å². The molecule has 4 nitrogen and oxygen atoms in total. The molecule has 3 rings (SSSR count). The Bertz CT molecular complexity index is 405. The number of ether oxygens (including phenoxy) is 3. The fourth-order valence-corrected chi connectivity index (χ4v) is 1.98. The lowest BCUT2D eigenvalue weighted by atomic mass is 10.1. The summed E-state index contributed by atoms with van der Waals surface area (Å²) in [5.41, 5.74) is 6.97. The number of rotatable bonds is 2. The summed E-state index contributed by atoms with van der Waals surface area (Å²) in [5.74, 6) is 2.81. The highest BCUT2D eigenvalue weighted by Gasteiger charge is 2.38. The van der Waals surface area contributed by atoms with E-state index in [0.717, 1.165) is 29.2 Å². The molecule has 0 saturated heterocycles. The van der Waals surface area contributed by atoms with Crippen molar-refractivity contribution in [3.05, 3.63) is 17.7 Å². The van der Waals surface area contributed by atoms with E-state index in [4.69, 9.17) is 19.9 Å². The van der Waals surface area contributed by atoms with E-state index in [1.165, 1.54) is 0 Å². The summed E-state index contributed by atoms with van der Waals surface area (Å²) in [6.07, 6.45) is 1.02. The molecule has 1 heterocycles. The van der Waals surface area contributed by atoms with E-state index in [9.17, 15) is 0 Å². The summed E-state index contributed by atoms with van der Waals surface area (Å²) < 4.78 is 16.0. The second-order valence-corrected chi connectivity index (χ2v) is 3.95. The molecule has 0 unspecified atom stereocenters. The van der Waals surface area contributed by atoms with E-state index >= 15 is 0 Å². The maximum atomic E-state index is 5.84. The smallest absolute Gasteiger partial charge is 0.231 e. The van der Waals surface area contributed by atoms with Crippen LogP contribution < -0.4 is 19.9 Å². The molecule has 2 atom stereocenters. The number of hydrogen-bond donors (Lipinski definition) is 1. The fraction of sp³-hybridized carbons (Fsp3) is 0.455. The van der Waals surface area contributed by atoms with Crippen molar-refractivity contribution in [3.63, 3.8) is 0 Å². The topological polar surface area (TPSA) is 53.7 Å². The Balaban J connectivity index is 2.04. The zero-order chi connectivity index (χ0) is 10.4. The molecule has 2 N–H and O–H groups in total. The predicted molar refractivity (Wildman–Crippen MR) is 54.5 cm³/mol. The molecule has 0 amide bonds. The van der Waals surface area contributed by atoms with Crippen LogP contribution in [-0.4, -0.2) is 19.9 Å². The van der Waals surface area contributed by atoms with Gasteiger partial charge in [0.2, 0.25) is 6.79 Å². The molecule has 1 saturated carbocycles. The number of nitrogens with two attached hydrogens (primary N) is 1.